The highest BCUT2D eigenvalue weighted by molar-refractivity contribution is 7.85. The highest BCUT2D eigenvalue weighted by atomic mass is 31.2. The number of para-hydroxylation sites is 1. The van der Waals surface area contributed by atoms with E-state index in [1.165, 1.54) is 0 Å². The van der Waals surface area contributed by atoms with E-state index in [1.54, 1.807) is 12.3 Å². The van der Waals surface area contributed by atoms with Gasteiger partial charge in [-0.15, -0.1) is 6.58 Å². The lowest BCUT2D eigenvalue weighted by Gasteiger charge is -2.19. The fraction of sp³-hybridized carbons (Fsp3) is 0.0714. The van der Waals surface area contributed by atoms with Gasteiger partial charge in [0.05, 0.1) is 39.5 Å². The van der Waals surface area contributed by atoms with Crippen molar-refractivity contribution in [1.82, 2.24) is 14.1 Å². The van der Waals surface area contributed by atoms with Crippen LogP contribution in [0.4, 0.5) is 0 Å². The summed E-state index contributed by atoms with van der Waals surface area (Å²) in [6, 6.07) is 45.0. The lowest BCUT2D eigenvalue weighted by molar-refractivity contribution is 0.543. The molecule has 8 aromatic rings. The van der Waals surface area contributed by atoms with Gasteiger partial charge in [-0.25, -0.2) is 0 Å². The summed E-state index contributed by atoms with van der Waals surface area (Å²) in [6.07, 6.45) is 5.25. The zero-order chi connectivity index (χ0) is 33.3. The lowest BCUT2D eigenvalue weighted by Crippen LogP contribution is -2.25. The van der Waals surface area contributed by atoms with Crippen LogP contribution < -0.4 is 15.9 Å². The van der Waals surface area contributed by atoms with Gasteiger partial charge in [-0.3, -0.25) is 9.55 Å². The maximum absolute atomic E-state index is 15.3. The number of furan rings is 1. The molecule has 0 amide bonds. The number of hydrogen-bond donors (Lipinski definition) is 0. The van der Waals surface area contributed by atoms with E-state index < -0.39 is 7.14 Å². The van der Waals surface area contributed by atoms with E-state index in [4.69, 9.17) is 4.42 Å². The molecule has 4 aromatic heterocycles. The van der Waals surface area contributed by atoms with Crippen molar-refractivity contribution in [3.8, 4) is 34.1 Å². The molecule has 0 fully saturated rings. The third-order valence-corrected chi connectivity index (χ3v) is 11.6. The molecule has 48 heavy (non-hydrogen) atoms. The molecule has 1 atom stereocenters. The first-order valence-corrected chi connectivity index (χ1v) is 17.9. The van der Waals surface area contributed by atoms with Crippen LogP contribution in [0.15, 0.2) is 163 Å². The standard InChI is InChI=1S/C37H24N3O2P.C3H6.C2H6/c41-43(27-9-2-1-3-10-27)34-15-7-5-11-28(34)32-21-20-30(40(32)37-35(43)22-24-42-37)25-16-18-26(19-17-25)39-31-13-6-4-12-29(31)36-33(39)14-8-23-38-36;1-3-2;1-2/h1-24H;3H,1H2,2H3;1-2H3. The summed E-state index contributed by atoms with van der Waals surface area (Å²) in [4.78, 5) is 4.68. The van der Waals surface area contributed by atoms with E-state index in [2.05, 4.69) is 93.5 Å². The zero-order valence-corrected chi connectivity index (χ0v) is 28.1. The van der Waals surface area contributed by atoms with Crippen molar-refractivity contribution in [3.63, 3.8) is 0 Å². The van der Waals surface area contributed by atoms with Gasteiger partial charge in [-0.1, -0.05) is 105 Å². The molecule has 5 heterocycles. The third kappa shape index (κ3) is 4.78. The van der Waals surface area contributed by atoms with E-state index in [0.29, 0.717) is 11.2 Å². The molecule has 1 aliphatic heterocycles. The van der Waals surface area contributed by atoms with Crippen molar-refractivity contribution in [2.24, 2.45) is 0 Å². The molecule has 4 aromatic carbocycles. The molecule has 0 aliphatic carbocycles. The van der Waals surface area contributed by atoms with Gasteiger partial charge in [0.25, 0.3) is 0 Å². The van der Waals surface area contributed by atoms with Gasteiger partial charge in [-0.2, -0.15) is 0 Å². The van der Waals surface area contributed by atoms with Crippen molar-refractivity contribution >= 4 is 45.0 Å². The maximum atomic E-state index is 15.3. The molecule has 0 spiro atoms. The van der Waals surface area contributed by atoms with Crippen LogP contribution in [0, 0.1) is 0 Å². The molecule has 0 saturated carbocycles. The quantitative estimate of drug-likeness (QED) is 0.142. The van der Waals surface area contributed by atoms with Crippen molar-refractivity contribution in [3.05, 3.63) is 159 Å². The van der Waals surface area contributed by atoms with Gasteiger partial charge in [0.1, 0.15) is 0 Å². The van der Waals surface area contributed by atoms with Crippen LogP contribution in [0.25, 0.3) is 56.0 Å². The summed E-state index contributed by atoms with van der Waals surface area (Å²) >= 11 is 0. The predicted octanol–water partition coefficient (Wildman–Crippen LogP) is 10.1. The van der Waals surface area contributed by atoms with Gasteiger partial charge in [-0.05, 0) is 61.0 Å². The number of hydrogen-bond acceptors (Lipinski definition) is 3. The summed E-state index contributed by atoms with van der Waals surface area (Å²) in [5.41, 5.74) is 8.14. The second kappa shape index (κ2) is 12.9. The Morgan fingerprint density at radius 2 is 1.35 bits per heavy atom. The normalized spacial score (nSPS) is 14.4. The summed E-state index contributed by atoms with van der Waals surface area (Å²) < 4.78 is 25.9. The van der Waals surface area contributed by atoms with E-state index >= 15 is 4.57 Å². The average Bonchev–Trinajstić information content (AvgIpc) is 3.88. The number of aromatic nitrogens is 3. The van der Waals surface area contributed by atoms with Crippen molar-refractivity contribution < 1.29 is 8.98 Å². The second-order valence-corrected chi connectivity index (χ2v) is 13.9. The third-order valence-electron chi connectivity index (χ3n) is 8.54. The van der Waals surface area contributed by atoms with Crippen LogP contribution in [-0.2, 0) is 4.57 Å². The molecule has 0 bridgehead atoms. The Labute approximate surface area is 280 Å². The molecular formula is C42H36N3O2P. The number of rotatable bonds is 3. The Hall–Kier alpha value is -5.64. The smallest absolute Gasteiger partial charge is 0.215 e. The predicted molar refractivity (Wildman–Crippen MR) is 201 cm³/mol. The number of benzene rings is 4. The summed E-state index contributed by atoms with van der Waals surface area (Å²) in [5, 5.41) is 3.45. The highest BCUT2D eigenvalue weighted by Gasteiger charge is 2.40. The van der Waals surface area contributed by atoms with Gasteiger partial charge in [0.2, 0.25) is 5.88 Å². The molecule has 1 unspecified atom stereocenters. The Bertz CT molecular complexity index is 2380. The minimum atomic E-state index is -3.21. The van der Waals surface area contributed by atoms with Crippen LogP contribution in [0.2, 0.25) is 0 Å². The largest absolute Gasteiger partial charge is 0.447 e. The first kappa shape index (κ1) is 31.0. The van der Waals surface area contributed by atoms with Crippen LogP contribution in [0.3, 0.4) is 0 Å². The fourth-order valence-corrected chi connectivity index (χ4v) is 9.57. The second-order valence-electron chi connectivity index (χ2n) is 11.2. The van der Waals surface area contributed by atoms with Crippen LogP contribution in [0.5, 0.6) is 0 Å². The minimum absolute atomic E-state index is 0.593. The molecule has 0 N–H and O–H groups in total. The minimum Gasteiger partial charge on any atom is -0.447 e. The van der Waals surface area contributed by atoms with E-state index in [0.717, 1.165) is 60.7 Å². The Balaban J connectivity index is 0.000000693. The van der Waals surface area contributed by atoms with E-state index in [9.17, 15) is 0 Å². The Morgan fingerprint density at radius 1 is 0.688 bits per heavy atom. The number of nitrogens with zero attached hydrogens (tertiary/aromatic N) is 3. The molecule has 9 rings (SSSR count). The highest BCUT2D eigenvalue weighted by Crippen LogP contribution is 2.50. The monoisotopic (exact) mass is 645 g/mol. The van der Waals surface area contributed by atoms with Gasteiger partial charge < -0.3 is 13.5 Å². The molecule has 0 saturated heterocycles. The lowest BCUT2D eigenvalue weighted by atomic mass is 10.1. The number of pyridine rings is 1. The summed E-state index contributed by atoms with van der Waals surface area (Å²) in [5.74, 6) is 0.593. The molecule has 6 heteroatoms. The topological polar surface area (TPSA) is 53.0 Å². The summed E-state index contributed by atoms with van der Waals surface area (Å²) in [7, 11) is -3.21. The first-order chi connectivity index (χ1) is 23.6. The van der Waals surface area contributed by atoms with Crippen LogP contribution >= 0.6 is 7.14 Å². The molecule has 1 aliphatic rings. The Morgan fingerprint density at radius 3 is 2.15 bits per heavy atom. The molecule has 236 valence electrons. The van der Waals surface area contributed by atoms with E-state index in [1.807, 2.05) is 87.6 Å². The SMILES string of the molecule is C=CC.CC.O=P1(c2ccccc2)c2ccccc2-c2ccc(-c3ccc(-n4c5ccccc5c5ncccc54)cc3)n2-c2occc21. The van der Waals surface area contributed by atoms with Gasteiger partial charge in [0.15, 0.2) is 7.14 Å². The van der Waals surface area contributed by atoms with E-state index in [-0.39, 0.29) is 0 Å². The molecule has 5 nitrogen and oxygen atoms in total. The van der Waals surface area contributed by atoms with Crippen LogP contribution in [-0.4, -0.2) is 14.1 Å². The van der Waals surface area contributed by atoms with Crippen molar-refractivity contribution in [1.29, 1.82) is 0 Å². The molecule has 0 radical (unpaired) electrons. The van der Waals surface area contributed by atoms with Gasteiger partial charge >= 0.3 is 0 Å². The van der Waals surface area contributed by atoms with Crippen molar-refractivity contribution in [2.75, 3.05) is 0 Å². The fourth-order valence-electron chi connectivity index (χ4n) is 6.65. The maximum Gasteiger partial charge on any atom is 0.215 e. The first-order valence-electron chi connectivity index (χ1n) is 16.2. The van der Waals surface area contributed by atoms with Crippen LogP contribution in [0.1, 0.15) is 20.8 Å². The Kier molecular flexibility index (Phi) is 8.31. The number of fused-ring (bicyclic) bond motifs is 8. The summed E-state index contributed by atoms with van der Waals surface area (Å²) in [6.45, 7) is 9.25. The number of allylic oxidation sites excluding steroid dienone is 1. The average molecular weight is 646 g/mol. The zero-order valence-electron chi connectivity index (χ0n) is 27.2. The molecular weight excluding hydrogens is 609 g/mol. The van der Waals surface area contributed by atoms with Gasteiger partial charge in [0, 0.05) is 33.4 Å². The van der Waals surface area contributed by atoms with Crippen molar-refractivity contribution in [2.45, 2.75) is 20.8 Å².